The molecule has 0 bridgehead atoms. The molecule has 24 heavy (non-hydrogen) atoms. The number of halogens is 2. The molecule has 6 nitrogen and oxygen atoms in total. The molecule has 128 valence electrons. The Bertz CT molecular complexity index is 885. The van der Waals surface area contributed by atoms with Crippen LogP contribution < -0.4 is 14.8 Å². The SMILES string of the molecule is CNS(=O)(=O)c1ccc(OC)c(NC(=O)c2ccc(Cl)cc2Cl)c1. The predicted octanol–water partition coefficient (Wildman–Crippen LogP) is 3.16. The minimum Gasteiger partial charge on any atom is -0.495 e. The maximum atomic E-state index is 12.4. The standard InChI is InChI=1S/C15H14Cl2N2O4S/c1-18-24(21,22)10-4-6-14(23-2)13(8-10)19-15(20)11-5-3-9(16)7-12(11)17/h3-8,18H,1-2H3,(H,19,20). The second-order valence-electron chi connectivity index (χ2n) is 4.65. The van der Waals surface area contributed by atoms with Gasteiger partial charge in [-0.3, -0.25) is 4.79 Å². The molecule has 0 radical (unpaired) electrons. The van der Waals surface area contributed by atoms with Crippen molar-refractivity contribution in [1.29, 1.82) is 0 Å². The quantitative estimate of drug-likeness (QED) is 0.823. The van der Waals surface area contributed by atoms with Gasteiger partial charge in [-0.05, 0) is 43.4 Å². The Hall–Kier alpha value is -1.80. The number of ether oxygens (including phenoxy) is 1. The van der Waals surface area contributed by atoms with Gasteiger partial charge in [-0.25, -0.2) is 13.1 Å². The molecule has 1 amide bonds. The summed E-state index contributed by atoms with van der Waals surface area (Å²) in [5.41, 5.74) is 0.398. The molecule has 0 aliphatic carbocycles. The summed E-state index contributed by atoms with van der Waals surface area (Å²) >= 11 is 11.8. The van der Waals surface area contributed by atoms with E-state index in [1.54, 1.807) is 0 Å². The zero-order chi connectivity index (χ0) is 17.9. The van der Waals surface area contributed by atoms with Gasteiger partial charge in [0.2, 0.25) is 10.0 Å². The van der Waals surface area contributed by atoms with Gasteiger partial charge in [0.25, 0.3) is 5.91 Å². The van der Waals surface area contributed by atoms with E-state index in [0.717, 1.165) is 0 Å². The molecular weight excluding hydrogens is 375 g/mol. The van der Waals surface area contributed by atoms with Crippen molar-refractivity contribution in [2.75, 3.05) is 19.5 Å². The van der Waals surface area contributed by atoms with E-state index in [1.165, 1.54) is 50.6 Å². The molecule has 2 aromatic rings. The highest BCUT2D eigenvalue weighted by atomic mass is 35.5. The van der Waals surface area contributed by atoms with Crippen LogP contribution in [0.4, 0.5) is 5.69 Å². The van der Waals surface area contributed by atoms with Gasteiger partial charge in [-0.2, -0.15) is 0 Å². The third-order valence-corrected chi connectivity index (χ3v) is 5.13. The molecule has 0 aliphatic heterocycles. The van der Waals surface area contributed by atoms with E-state index >= 15 is 0 Å². The average molecular weight is 389 g/mol. The minimum absolute atomic E-state index is 0.0108. The molecule has 0 spiro atoms. The summed E-state index contributed by atoms with van der Waals surface area (Å²) in [7, 11) is -0.954. The first-order chi connectivity index (χ1) is 11.3. The third kappa shape index (κ3) is 3.99. The van der Waals surface area contributed by atoms with Crippen molar-refractivity contribution in [2.45, 2.75) is 4.90 Å². The average Bonchev–Trinajstić information content (AvgIpc) is 2.54. The van der Waals surface area contributed by atoms with Gasteiger partial charge in [-0.1, -0.05) is 23.2 Å². The van der Waals surface area contributed by atoms with Gasteiger partial charge in [0.1, 0.15) is 5.75 Å². The van der Waals surface area contributed by atoms with Crippen molar-refractivity contribution in [2.24, 2.45) is 0 Å². The van der Waals surface area contributed by atoms with Crippen molar-refractivity contribution in [3.8, 4) is 5.75 Å². The number of rotatable bonds is 5. The Balaban J connectivity index is 2.40. The molecule has 0 saturated heterocycles. The fraction of sp³-hybridized carbons (Fsp3) is 0.133. The summed E-state index contributed by atoms with van der Waals surface area (Å²) < 4.78 is 31.2. The topological polar surface area (TPSA) is 84.5 Å². The Labute approximate surface area is 149 Å². The molecule has 2 N–H and O–H groups in total. The fourth-order valence-corrected chi connectivity index (χ4v) is 3.18. The van der Waals surface area contributed by atoms with E-state index in [2.05, 4.69) is 10.0 Å². The van der Waals surface area contributed by atoms with Crippen molar-refractivity contribution >= 4 is 44.8 Å². The molecule has 0 atom stereocenters. The van der Waals surface area contributed by atoms with Crippen LogP contribution in [0, 0.1) is 0 Å². The zero-order valence-electron chi connectivity index (χ0n) is 12.8. The van der Waals surface area contributed by atoms with Crippen molar-refractivity contribution in [3.63, 3.8) is 0 Å². The molecule has 0 aliphatic rings. The first kappa shape index (κ1) is 18.5. The van der Waals surface area contributed by atoms with Crippen molar-refractivity contribution < 1.29 is 17.9 Å². The lowest BCUT2D eigenvalue weighted by Crippen LogP contribution is -2.19. The number of benzene rings is 2. The van der Waals surface area contributed by atoms with Crippen LogP contribution in [-0.4, -0.2) is 28.5 Å². The molecule has 2 rings (SSSR count). The number of nitrogens with one attached hydrogen (secondary N) is 2. The van der Waals surface area contributed by atoms with Gasteiger partial charge in [0, 0.05) is 5.02 Å². The number of amides is 1. The first-order valence-electron chi connectivity index (χ1n) is 6.66. The molecule has 0 fully saturated rings. The Morgan fingerprint density at radius 1 is 1.12 bits per heavy atom. The van der Waals surface area contributed by atoms with Crippen LogP contribution in [-0.2, 0) is 10.0 Å². The molecule has 0 saturated carbocycles. The van der Waals surface area contributed by atoms with Crippen LogP contribution in [0.1, 0.15) is 10.4 Å². The van der Waals surface area contributed by atoms with E-state index < -0.39 is 15.9 Å². The number of sulfonamides is 1. The number of carbonyl (C=O) groups is 1. The largest absolute Gasteiger partial charge is 0.495 e. The maximum Gasteiger partial charge on any atom is 0.257 e. The number of hydrogen-bond donors (Lipinski definition) is 2. The minimum atomic E-state index is -3.66. The molecule has 9 heteroatoms. The second kappa shape index (κ2) is 7.40. The predicted molar refractivity (Wildman–Crippen MR) is 93.7 cm³/mol. The highest BCUT2D eigenvalue weighted by Gasteiger charge is 2.17. The monoisotopic (exact) mass is 388 g/mol. The number of methoxy groups -OCH3 is 1. The summed E-state index contributed by atoms with van der Waals surface area (Å²) in [6.07, 6.45) is 0. The smallest absolute Gasteiger partial charge is 0.257 e. The Morgan fingerprint density at radius 3 is 2.42 bits per heavy atom. The number of hydrogen-bond acceptors (Lipinski definition) is 4. The molecular formula is C15H14Cl2N2O4S. The fourth-order valence-electron chi connectivity index (χ4n) is 1.93. The summed E-state index contributed by atoms with van der Waals surface area (Å²) in [5.74, 6) is -0.211. The van der Waals surface area contributed by atoms with Crippen molar-refractivity contribution in [3.05, 3.63) is 52.0 Å². The highest BCUT2D eigenvalue weighted by molar-refractivity contribution is 7.89. The number of carbonyl (C=O) groups excluding carboxylic acids is 1. The third-order valence-electron chi connectivity index (χ3n) is 3.17. The Morgan fingerprint density at radius 2 is 1.83 bits per heavy atom. The second-order valence-corrected chi connectivity index (χ2v) is 7.38. The van der Waals surface area contributed by atoms with Gasteiger partial charge in [0.05, 0.1) is 28.3 Å². The van der Waals surface area contributed by atoms with Crippen molar-refractivity contribution in [1.82, 2.24) is 4.72 Å². The Kier molecular flexibility index (Phi) is 5.71. The lowest BCUT2D eigenvalue weighted by molar-refractivity contribution is 0.102. The summed E-state index contributed by atoms with van der Waals surface area (Å²) in [6.45, 7) is 0. The van der Waals surface area contributed by atoms with E-state index in [-0.39, 0.29) is 21.2 Å². The summed E-state index contributed by atoms with van der Waals surface area (Å²) in [6, 6.07) is 8.56. The van der Waals surface area contributed by atoms with Crippen LogP contribution in [0.5, 0.6) is 5.75 Å². The lowest BCUT2D eigenvalue weighted by Gasteiger charge is -2.13. The van der Waals surface area contributed by atoms with Crippen LogP contribution in [0.2, 0.25) is 10.0 Å². The maximum absolute atomic E-state index is 12.4. The van der Waals surface area contributed by atoms with Gasteiger partial charge in [0.15, 0.2) is 0 Å². The van der Waals surface area contributed by atoms with E-state index in [0.29, 0.717) is 10.8 Å². The first-order valence-corrected chi connectivity index (χ1v) is 8.90. The number of anilines is 1. The van der Waals surface area contributed by atoms with E-state index in [9.17, 15) is 13.2 Å². The van der Waals surface area contributed by atoms with Crippen LogP contribution in [0.15, 0.2) is 41.3 Å². The molecule has 2 aromatic carbocycles. The molecule has 0 aromatic heterocycles. The lowest BCUT2D eigenvalue weighted by atomic mass is 10.2. The molecule has 0 heterocycles. The summed E-state index contributed by atoms with van der Waals surface area (Å²) in [4.78, 5) is 12.4. The zero-order valence-corrected chi connectivity index (χ0v) is 15.1. The molecule has 0 unspecified atom stereocenters. The van der Waals surface area contributed by atoms with Crippen LogP contribution in [0.25, 0.3) is 0 Å². The summed E-state index contributed by atoms with van der Waals surface area (Å²) in [5, 5.41) is 3.17. The van der Waals surface area contributed by atoms with Crippen LogP contribution in [0.3, 0.4) is 0 Å². The van der Waals surface area contributed by atoms with Crippen LogP contribution >= 0.6 is 23.2 Å². The van der Waals surface area contributed by atoms with E-state index in [1.807, 2.05) is 0 Å². The van der Waals surface area contributed by atoms with Gasteiger partial charge in [-0.15, -0.1) is 0 Å². The highest BCUT2D eigenvalue weighted by Crippen LogP contribution is 2.29. The normalized spacial score (nSPS) is 11.2. The van der Waals surface area contributed by atoms with Gasteiger partial charge < -0.3 is 10.1 Å². The van der Waals surface area contributed by atoms with E-state index in [4.69, 9.17) is 27.9 Å². The van der Waals surface area contributed by atoms with Gasteiger partial charge >= 0.3 is 0 Å².